The number of benzene rings is 2. The number of rotatable bonds is 6. The van der Waals surface area contributed by atoms with E-state index in [-0.39, 0.29) is 5.82 Å². The molecule has 0 aliphatic heterocycles. The van der Waals surface area contributed by atoms with Gasteiger partial charge in [-0.3, -0.25) is 0 Å². The van der Waals surface area contributed by atoms with Crippen LogP contribution in [0, 0.1) is 17.3 Å². The van der Waals surface area contributed by atoms with Crippen molar-refractivity contribution in [3.05, 3.63) is 65.5 Å². The van der Waals surface area contributed by atoms with Gasteiger partial charge in [-0.1, -0.05) is 71.7 Å². The predicted molar refractivity (Wildman–Crippen MR) is 115 cm³/mol. The van der Waals surface area contributed by atoms with Gasteiger partial charge in [-0.2, -0.15) is 0 Å². The Balaban J connectivity index is 2.31. The van der Waals surface area contributed by atoms with Crippen LogP contribution in [0.2, 0.25) is 16.6 Å². The van der Waals surface area contributed by atoms with E-state index in [2.05, 4.69) is 53.0 Å². The minimum absolute atomic E-state index is 0.245. The Morgan fingerprint density at radius 2 is 1.52 bits per heavy atom. The molecule has 2 rings (SSSR count). The monoisotopic (exact) mass is 382 g/mol. The third-order valence-corrected chi connectivity index (χ3v) is 11.7. The maximum Gasteiger partial charge on any atom is 0.146 e. The highest BCUT2D eigenvalue weighted by Gasteiger charge is 2.41. The van der Waals surface area contributed by atoms with E-state index in [1.807, 2.05) is 30.3 Å². The molecule has 0 saturated carbocycles. The minimum Gasteiger partial charge on any atom is -0.488 e. The van der Waals surface area contributed by atoms with Crippen LogP contribution in [0.15, 0.2) is 48.5 Å². The van der Waals surface area contributed by atoms with Crippen LogP contribution >= 0.6 is 0 Å². The molecule has 0 bridgehead atoms. The lowest BCUT2D eigenvalue weighted by atomic mass is 10.2. The van der Waals surface area contributed by atoms with Crippen LogP contribution in [-0.4, -0.2) is 8.07 Å². The first-order valence-corrected chi connectivity index (χ1v) is 12.0. The average Bonchev–Trinajstić information content (AvgIpc) is 2.60. The molecule has 0 amide bonds. The first-order chi connectivity index (χ1) is 12.8. The van der Waals surface area contributed by atoms with Gasteiger partial charge in [-0.25, -0.2) is 4.39 Å². The lowest BCUT2D eigenvalue weighted by Crippen LogP contribution is -2.43. The Labute approximate surface area is 165 Å². The van der Waals surface area contributed by atoms with Crippen LogP contribution < -0.4 is 4.74 Å². The molecule has 0 saturated heterocycles. The van der Waals surface area contributed by atoms with Crippen molar-refractivity contribution in [3.8, 4) is 17.2 Å². The zero-order chi connectivity index (χ0) is 20.0. The number of ether oxygens (including phenoxy) is 1. The fourth-order valence-electron chi connectivity index (χ4n) is 4.09. The van der Waals surface area contributed by atoms with Crippen molar-refractivity contribution in [1.29, 1.82) is 0 Å². The van der Waals surface area contributed by atoms with Gasteiger partial charge in [0.25, 0.3) is 0 Å². The van der Waals surface area contributed by atoms with Crippen molar-refractivity contribution >= 4 is 8.07 Å². The number of halogens is 1. The SMILES string of the molecule is CC(C)[Si](C#Cc1ccccc1OCc1cccc(F)c1)(C(C)C)C(C)C. The second-order valence-electron chi connectivity index (χ2n) is 8.06. The molecule has 0 unspecified atom stereocenters. The van der Waals surface area contributed by atoms with Gasteiger partial charge < -0.3 is 4.74 Å². The molecular formula is C24H31FOSi. The molecule has 0 atom stereocenters. The highest BCUT2D eigenvalue weighted by Crippen LogP contribution is 2.40. The maximum atomic E-state index is 13.4. The second kappa shape index (κ2) is 9.24. The van der Waals surface area contributed by atoms with Gasteiger partial charge in [0.2, 0.25) is 0 Å². The highest BCUT2D eigenvalue weighted by molar-refractivity contribution is 6.90. The first kappa shape index (κ1) is 21.2. The van der Waals surface area contributed by atoms with Crippen molar-refractivity contribution in [2.45, 2.75) is 64.8 Å². The topological polar surface area (TPSA) is 9.23 Å². The largest absolute Gasteiger partial charge is 0.488 e. The van der Waals surface area contributed by atoms with Gasteiger partial charge in [0.05, 0.1) is 5.56 Å². The van der Waals surface area contributed by atoms with E-state index >= 15 is 0 Å². The third-order valence-electron chi connectivity index (χ3n) is 5.45. The second-order valence-corrected chi connectivity index (χ2v) is 13.6. The van der Waals surface area contributed by atoms with Crippen LogP contribution in [0.3, 0.4) is 0 Å². The molecule has 27 heavy (non-hydrogen) atoms. The molecular weight excluding hydrogens is 351 g/mol. The summed E-state index contributed by atoms with van der Waals surface area (Å²) in [5.74, 6) is 3.97. The smallest absolute Gasteiger partial charge is 0.146 e. The Kier molecular flexibility index (Phi) is 7.27. The molecule has 0 aliphatic carbocycles. The molecule has 3 heteroatoms. The Morgan fingerprint density at radius 3 is 2.11 bits per heavy atom. The van der Waals surface area contributed by atoms with Gasteiger partial charge in [-0.05, 0) is 46.5 Å². The van der Waals surface area contributed by atoms with Crippen LogP contribution in [0.25, 0.3) is 0 Å². The first-order valence-electron chi connectivity index (χ1n) is 9.76. The molecule has 0 aromatic heterocycles. The maximum absolute atomic E-state index is 13.4. The standard InChI is InChI=1S/C24H31FOSi/c1-18(2)27(19(3)4,20(5)6)15-14-22-11-7-8-13-24(22)26-17-21-10-9-12-23(25)16-21/h7-13,16,18-20H,17H2,1-6H3. The molecule has 0 fully saturated rings. The van der Waals surface area contributed by atoms with E-state index in [1.165, 1.54) is 12.1 Å². The zero-order valence-corrected chi connectivity index (χ0v) is 18.3. The van der Waals surface area contributed by atoms with Crippen molar-refractivity contribution in [1.82, 2.24) is 0 Å². The van der Waals surface area contributed by atoms with Crippen molar-refractivity contribution < 1.29 is 9.13 Å². The van der Waals surface area contributed by atoms with E-state index in [1.54, 1.807) is 6.07 Å². The van der Waals surface area contributed by atoms with Gasteiger partial charge in [0.1, 0.15) is 26.2 Å². The minimum atomic E-state index is -1.79. The van der Waals surface area contributed by atoms with E-state index in [4.69, 9.17) is 4.74 Å². The quantitative estimate of drug-likeness (QED) is 0.387. The van der Waals surface area contributed by atoms with Crippen LogP contribution in [0.4, 0.5) is 4.39 Å². The molecule has 0 aliphatic rings. The van der Waals surface area contributed by atoms with E-state index in [0.29, 0.717) is 23.2 Å². The van der Waals surface area contributed by atoms with Crippen molar-refractivity contribution in [2.75, 3.05) is 0 Å². The van der Waals surface area contributed by atoms with Crippen LogP contribution in [-0.2, 0) is 6.61 Å². The van der Waals surface area contributed by atoms with E-state index in [0.717, 1.165) is 16.9 Å². The van der Waals surface area contributed by atoms with Crippen LogP contribution in [0.5, 0.6) is 5.75 Å². The Hall–Kier alpha value is -2.05. The summed E-state index contributed by atoms with van der Waals surface area (Å²) in [7, 11) is -1.79. The summed E-state index contributed by atoms with van der Waals surface area (Å²) in [6, 6.07) is 14.4. The predicted octanol–water partition coefficient (Wildman–Crippen LogP) is 6.97. The number of para-hydroxylation sites is 1. The molecule has 2 aromatic rings. The van der Waals surface area contributed by atoms with Gasteiger partial charge in [0, 0.05) is 0 Å². The van der Waals surface area contributed by atoms with Crippen molar-refractivity contribution in [2.24, 2.45) is 0 Å². The zero-order valence-electron chi connectivity index (χ0n) is 17.3. The molecule has 144 valence electrons. The molecule has 0 radical (unpaired) electrons. The fourth-order valence-corrected chi connectivity index (χ4v) is 9.31. The fraction of sp³-hybridized carbons (Fsp3) is 0.417. The highest BCUT2D eigenvalue weighted by atomic mass is 28.3. The van der Waals surface area contributed by atoms with E-state index < -0.39 is 8.07 Å². The average molecular weight is 383 g/mol. The summed E-state index contributed by atoms with van der Waals surface area (Å²) in [5, 5.41) is 0. The van der Waals surface area contributed by atoms with Gasteiger partial charge in [0.15, 0.2) is 0 Å². The lowest BCUT2D eigenvalue weighted by molar-refractivity contribution is 0.305. The Bertz CT molecular complexity index is 793. The molecule has 0 heterocycles. The van der Waals surface area contributed by atoms with E-state index in [9.17, 15) is 4.39 Å². The summed E-state index contributed by atoms with van der Waals surface area (Å²) in [6.07, 6.45) is 0. The molecule has 2 aromatic carbocycles. The molecule has 0 N–H and O–H groups in total. The molecule has 0 spiro atoms. The number of hydrogen-bond acceptors (Lipinski definition) is 1. The van der Waals surface area contributed by atoms with Crippen molar-refractivity contribution in [3.63, 3.8) is 0 Å². The van der Waals surface area contributed by atoms with Crippen LogP contribution in [0.1, 0.15) is 52.7 Å². The number of hydrogen-bond donors (Lipinski definition) is 0. The summed E-state index contributed by atoms with van der Waals surface area (Å²) in [4.78, 5) is 0. The van der Waals surface area contributed by atoms with Gasteiger partial charge >= 0.3 is 0 Å². The third kappa shape index (κ3) is 5.02. The molecule has 1 nitrogen and oxygen atoms in total. The summed E-state index contributed by atoms with van der Waals surface area (Å²) < 4.78 is 19.3. The van der Waals surface area contributed by atoms with Gasteiger partial charge in [-0.15, -0.1) is 5.54 Å². The summed E-state index contributed by atoms with van der Waals surface area (Å²) in [6.45, 7) is 14.2. The Morgan fingerprint density at radius 1 is 0.889 bits per heavy atom. The normalized spacial score (nSPS) is 11.6. The summed E-state index contributed by atoms with van der Waals surface area (Å²) >= 11 is 0. The summed E-state index contributed by atoms with van der Waals surface area (Å²) in [5.41, 5.74) is 7.23. The lowest BCUT2D eigenvalue weighted by Gasteiger charge is -2.38.